The summed E-state index contributed by atoms with van der Waals surface area (Å²) >= 11 is 0. The van der Waals surface area contributed by atoms with Crippen LogP contribution in [0.1, 0.15) is 49.9 Å². The molecule has 0 aliphatic carbocycles. The Bertz CT molecular complexity index is 780. The lowest BCUT2D eigenvalue weighted by molar-refractivity contribution is -0.124. The van der Waals surface area contributed by atoms with Gasteiger partial charge in [-0.15, -0.1) is 0 Å². The van der Waals surface area contributed by atoms with E-state index >= 15 is 0 Å². The molecule has 0 bridgehead atoms. The van der Waals surface area contributed by atoms with Crippen LogP contribution in [0.25, 0.3) is 0 Å². The van der Waals surface area contributed by atoms with E-state index in [1.807, 2.05) is 63.2 Å². The first-order valence-electron chi connectivity index (χ1n) is 9.17. The summed E-state index contributed by atoms with van der Waals surface area (Å²) in [5.41, 5.74) is 3.09. The van der Waals surface area contributed by atoms with E-state index in [1.165, 1.54) is 5.56 Å². The van der Waals surface area contributed by atoms with Crippen molar-refractivity contribution in [3.8, 4) is 11.5 Å². The number of nitrogens with one attached hydrogen (secondary N) is 1. The SMILES string of the molecule is CCc1ccc(OCC(=O)NC2CC(C)(C)Oc3cc(C)ccc32)cc1. The Morgan fingerprint density at radius 1 is 1.23 bits per heavy atom. The highest BCUT2D eigenvalue weighted by Gasteiger charge is 2.34. The third-order valence-electron chi connectivity index (χ3n) is 4.66. The number of benzene rings is 2. The van der Waals surface area contributed by atoms with Crippen LogP contribution >= 0.6 is 0 Å². The van der Waals surface area contributed by atoms with E-state index in [4.69, 9.17) is 9.47 Å². The van der Waals surface area contributed by atoms with Crippen molar-refractivity contribution in [2.75, 3.05) is 6.61 Å². The van der Waals surface area contributed by atoms with E-state index in [-0.39, 0.29) is 24.2 Å². The molecule has 0 spiro atoms. The lowest BCUT2D eigenvalue weighted by Crippen LogP contribution is -2.42. The second-order valence-corrected chi connectivity index (χ2v) is 7.51. The summed E-state index contributed by atoms with van der Waals surface area (Å²) < 4.78 is 11.7. The zero-order valence-electron chi connectivity index (χ0n) is 16.0. The molecule has 4 nitrogen and oxygen atoms in total. The second-order valence-electron chi connectivity index (χ2n) is 7.51. The molecule has 1 amide bonds. The van der Waals surface area contributed by atoms with Crippen LogP contribution in [0.4, 0.5) is 0 Å². The van der Waals surface area contributed by atoms with E-state index in [1.54, 1.807) is 0 Å². The van der Waals surface area contributed by atoms with Crippen LogP contribution in [0.2, 0.25) is 0 Å². The topological polar surface area (TPSA) is 47.6 Å². The smallest absolute Gasteiger partial charge is 0.258 e. The monoisotopic (exact) mass is 353 g/mol. The van der Waals surface area contributed by atoms with Crippen LogP contribution in [0.15, 0.2) is 42.5 Å². The Hall–Kier alpha value is -2.49. The molecule has 1 atom stereocenters. The maximum Gasteiger partial charge on any atom is 0.258 e. The highest BCUT2D eigenvalue weighted by molar-refractivity contribution is 5.78. The molecule has 1 heterocycles. The lowest BCUT2D eigenvalue weighted by Gasteiger charge is -2.38. The second kappa shape index (κ2) is 7.40. The fourth-order valence-corrected chi connectivity index (χ4v) is 3.29. The minimum Gasteiger partial charge on any atom is -0.487 e. The Morgan fingerprint density at radius 2 is 1.96 bits per heavy atom. The highest BCUT2D eigenvalue weighted by atomic mass is 16.5. The zero-order chi connectivity index (χ0) is 18.7. The van der Waals surface area contributed by atoms with Crippen molar-refractivity contribution < 1.29 is 14.3 Å². The first-order chi connectivity index (χ1) is 12.4. The molecule has 4 heteroatoms. The van der Waals surface area contributed by atoms with Gasteiger partial charge in [-0.25, -0.2) is 0 Å². The number of amides is 1. The number of hydrogen-bond acceptors (Lipinski definition) is 3. The van der Waals surface area contributed by atoms with Gasteiger partial charge in [0, 0.05) is 12.0 Å². The molecule has 26 heavy (non-hydrogen) atoms. The van der Waals surface area contributed by atoms with Gasteiger partial charge in [0.25, 0.3) is 5.91 Å². The van der Waals surface area contributed by atoms with E-state index in [0.29, 0.717) is 5.75 Å². The third kappa shape index (κ3) is 4.37. The van der Waals surface area contributed by atoms with Crippen molar-refractivity contribution in [3.63, 3.8) is 0 Å². The van der Waals surface area contributed by atoms with Crippen LogP contribution in [-0.4, -0.2) is 18.1 Å². The van der Waals surface area contributed by atoms with Crippen molar-refractivity contribution in [2.45, 2.75) is 52.2 Å². The van der Waals surface area contributed by atoms with Gasteiger partial charge in [0.05, 0.1) is 6.04 Å². The zero-order valence-corrected chi connectivity index (χ0v) is 16.0. The molecule has 0 saturated carbocycles. The van der Waals surface area contributed by atoms with Gasteiger partial charge in [-0.2, -0.15) is 0 Å². The predicted octanol–water partition coefficient (Wildman–Crippen LogP) is 4.35. The van der Waals surface area contributed by atoms with Gasteiger partial charge in [0.15, 0.2) is 6.61 Å². The Kier molecular flexibility index (Phi) is 5.21. The summed E-state index contributed by atoms with van der Waals surface area (Å²) in [5.74, 6) is 1.43. The van der Waals surface area contributed by atoms with Crippen LogP contribution in [0.5, 0.6) is 11.5 Å². The largest absolute Gasteiger partial charge is 0.487 e. The fourth-order valence-electron chi connectivity index (χ4n) is 3.29. The number of ether oxygens (including phenoxy) is 2. The molecule has 2 aromatic rings. The molecular formula is C22H27NO3. The standard InChI is InChI=1S/C22H27NO3/c1-5-16-7-9-17(10-8-16)25-14-21(24)23-19-13-22(3,4)26-20-12-15(2)6-11-18(19)20/h6-12,19H,5,13-14H2,1-4H3,(H,23,24). The first-order valence-corrected chi connectivity index (χ1v) is 9.17. The van der Waals surface area contributed by atoms with Crippen LogP contribution in [0, 0.1) is 6.92 Å². The van der Waals surface area contributed by atoms with Gasteiger partial charge in [-0.1, -0.05) is 31.2 Å². The third-order valence-corrected chi connectivity index (χ3v) is 4.66. The molecule has 0 fully saturated rings. The predicted molar refractivity (Wildman–Crippen MR) is 103 cm³/mol. The van der Waals surface area contributed by atoms with E-state index in [9.17, 15) is 4.79 Å². The molecule has 2 aromatic carbocycles. The summed E-state index contributed by atoms with van der Waals surface area (Å²) in [7, 11) is 0. The van der Waals surface area contributed by atoms with E-state index in [2.05, 4.69) is 12.2 Å². The fraction of sp³-hybridized carbons (Fsp3) is 0.409. The van der Waals surface area contributed by atoms with Crippen LogP contribution in [0.3, 0.4) is 0 Å². The number of fused-ring (bicyclic) bond motifs is 1. The number of hydrogen-bond donors (Lipinski definition) is 1. The summed E-state index contributed by atoms with van der Waals surface area (Å²) in [4.78, 5) is 12.4. The average molecular weight is 353 g/mol. The quantitative estimate of drug-likeness (QED) is 0.869. The molecule has 1 unspecified atom stereocenters. The minimum absolute atomic E-state index is 0.00442. The van der Waals surface area contributed by atoms with Crippen molar-refractivity contribution in [1.29, 1.82) is 0 Å². The van der Waals surface area contributed by atoms with Gasteiger partial charge >= 0.3 is 0 Å². The maximum atomic E-state index is 12.4. The van der Waals surface area contributed by atoms with Gasteiger partial charge < -0.3 is 14.8 Å². The first kappa shape index (κ1) is 18.3. The van der Waals surface area contributed by atoms with E-state index < -0.39 is 0 Å². The molecule has 0 saturated heterocycles. The summed E-state index contributed by atoms with van der Waals surface area (Å²) in [6, 6.07) is 13.9. The Morgan fingerprint density at radius 3 is 2.65 bits per heavy atom. The van der Waals surface area contributed by atoms with Crippen LogP contribution in [-0.2, 0) is 11.2 Å². The number of carbonyl (C=O) groups is 1. The van der Waals surface area contributed by atoms with Gasteiger partial charge in [-0.05, 0) is 56.5 Å². The summed E-state index contributed by atoms with van der Waals surface area (Å²) in [6.45, 7) is 8.24. The molecule has 1 aliphatic heterocycles. The molecule has 3 rings (SSSR count). The average Bonchev–Trinajstić information content (AvgIpc) is 2.59. The summed E-state index contributed by atoms with van der Waals surface area (Å²) in [6.07, 6.45) is 1.71. The van der Waals surface area contributed by atoms with Gasteiger partial charge in [0.2, 0.25) is 0 Å². The van der Waals surface area contributed by atoms with Crippen molar-refractivity contribution in [2.24, 2.45) is 0 Å². The van der Waals surface area contributed by atoms with Gasteiger partial charge in [0.1, 0.15) is 17.1 Å². The minimum atomic E-state index is -0.324. The maximum absolute atomic E-state index is 12.4. The lowest BCUT2D eigenvalue weighted by atomic mass is 9.89. The molecule has 1 N–H and O–H groups in total. The summed E-state index contributed by atoms with van der Waals surface area (Å²) in [5, 5.41) is 3.10. The number of carbonyl (C=O) groups excluding carboxylic acids is 1. The highest BCUT2D eigenvalue weighted by Crippen LogP contribution is 2.39. The molecule has 0 aromatic heterocycles. The Labute approximate surface area is 155 Å². The van der Waals surface area contributed by atoms with Crippen molar-refractivity contribution >= 4 is 5.91 Å². The molecule has 1 aliphatic rings. The number of aryl methyl sites for hydroxylation is 2. The molecule has 138 valence electrons. The van der Waals surface area contributed by atoms with Crippen molar-refractivity contribution in [1.82, 2.24) is 5.32 Å². The number of rotatable bonds is 5. The van der Waals surface area contributed by atoms with Gasteiger partial charge in [-0.3, -0.25) is 4.79 Å². The van der Waals surface area contributed by atoms with Crippen molar-refractivity contribution in [3.05, 3.63) is 59.2 Å². The van der Waals surface area contributed by atoms with Crippen LogP contribution < -0.4 is 14.8 Å². The Balaban J connectivity index is 1.65. The van der Waals surface area contributed by atoms with E-state index in [0.717, 1.165) is 29.7 Å². The molecular weight excluding hydrogens is 326 g/mol. The normalized spacial score (nSPS) is 17.8. The molecule has 0 radical (unpaired) electrons.